The van der Waals surface area contributed by atoms with Gasteiger partial charge in [-0.25, -0.2) is 0 Å². The second-order valence-corrected chi connectivity index (χ2v) is 11.3. The molecule has 2 amide bonds. The number of ether oxygens (including phenoxy) is 3. The van der Waals surface area contributed by atoms with Gasteiger partial charge in [0.05, 0.1) is 33.5 Å². The van der Waals surface area contributed by atoms with Crippen molar-refractivity contribution in [2.45, 2.75) is 31.5 Å². The minimum absolute atomic E-state index is 0.0614. The predicted octanol–water partition coefficient (Wildman–Crippen LogP) is 3.28. The molecule has 43 heavy (non-hydrogen) atoms. The van der Waals surface area contributed by atoms with Gasteiger partial charge >= 0.3 is 0 Å². The topological polar surface area (TPSA) is 91.8 Å². The molecule has 3 aromatic rings. The van der Waals surface area contributed by atoms with E-state index in [0.717, 1.165) is 29.9 Å². The molecule has 5 rings (SSSR count). The van der Waals surface area contributed by atoms with Crippen molar-refractivity contribution in [2.75, 3.05) is 60.7 Å². The van der Waals surface area contributed by atoms with Gasteiger partial charge in [0.25, 0.3) is 11.8 Å². The van der Waals surface area contributed by atoms with Crippen LogP contribution in [0.1, 0.15) is 37.4 Å². The van der Waals surface area contributed by atoms with Crippen molar-refractivity contribution in [3.63, 3.8) is 0 Å². The Labute approximate surface area is 253 Å². The summed E-state index contributed by atoms with van der Waals surface area (Å²) in [5.41, 5.74) is 4.68. The highest BCUT2D eigenvalue weighted by molar-refractivity contribution is 5.97. The predicted molar refractivity (Wildman–Crippen MR) is 164 cm³/mol. The first kappa shape index (κ1) is 30.5. The van der Waals surface area contributed by atoms with Gasteiger partial charge in [-0.3, -0.25) is 14.5 Å². The van der Waals surface area contributed by atoms with E-state index in [2.05, 4.69) is 29.2 Å². The fourth-order valence-electron chi connectivity index (χ4n) is 5.99. The van der Waals surface area contributed by atoms with Gasteiger partial charge in [0.2, 0.25) is 0 Å². The van der Waals surface area contributed by atoms with Gasteiger partial charge in [0.1, 0.15) is 11.5 Å². The summed E-state index contributed by atoms with van der Waals surface area (Å²) in [5.74, 6) is 1.19. The zero-order valence-electron chi connectivity index (χ0n) is 25.2. The van der Waals surface area contributed by atoms with Crippen LogP contribution in [0.4, 0.5) is 0 Å². The number of carbonyl (C=O) groups is 2. The Kier molecular flexibility index (Phi) is 9.97. The van der Waals surface area contributed by atoms with Crippen LogP contribution >= 0.6 is 0 Å². The molecule has 9 nitrogen and oxygen atoms in total. The number of aliphatic hydroxyl groups excluding tert-OH is 1. The summed E-state index contributed by atoms with van der Waals surface area (Å²) in [5, 5.41) is 11.3. The maximum Gasteiger partial charge on any atom is 0.254 e. The number of benzene rings is 3. The van der Waals surface area contributed by atoms with Crippen LogP contribution in [0.25, 0.3) is 0 Å². The highest BCUT2D eigenvalue weighted by Crippen LogP contribution is 2.30. The van der Waals surface area contributed by atoms with Crippen molar-refractivity contribution in [1.82, 2.24) is 14.7 Å². The van der Waals surface area contributed by atoms with Crippen molar-refractivity contribution < 1.29 is 28.9 Å². The van der Waals surface area contributed by atoms with Gasteiger partial charge in [-0.1, -0.05) is 30.3 Å². The number of amides is 2. The largest absolute Gasteiger partial charge is 0.497 e. The van der Waals surface area contributed by atoms with Crippen LogP contribution in [0.3, 0.4) is 0 Å². The number of fused-ring (bicyclic) bond motifs is 1. The number of likely N-dealkylation sites (N-methyl/N-ethyl adjacent to an activating group) is 1. The third kappa shape index (κ3) is 7.36. The van der Waals surface area contributed by atoms with Crippen molar-refractivity contribution in [3.8, 4) is 11.5 Å². The molecule has 3 aromatic carbocycles. The Balaban J connectivity index is 1.25. The third-order valence-corrected chi connectivity index (χ3v) is 8.37. The summed E-state index contributed by atoms with van der Waals surface area (Å²) in [4.78, 5) is 31.6. The van der Waals surface area contributed by atoms with E-state index in [0.29, 0.717) is 50.5 Å². The van der Waals surface area contributed by atoms with E-state index in [-0.39, 0.29) is 24.4 Å². The molecule has 1 N–H and O–H groups in total. The fraction of sp³-hybridized carbons (Fsp3) is 0.412. The molecule has 2 aliphatic rings. The number of carbonyl (C=O) groups excluding carboxylic acids is 2. The van der Waals surface area contributed by atoms with Gasteiger partial charge in [-0.15, -0.1) is 0 Å². The lowest BCUT2D eigenvalue weighted by Gasteiger charge is -2.32. The first-order chi connectivity index (χ1) is 20.9. The molecule has 9 heteroatoms. The Hall–Kier alpha value is -3.92. The average Bonchev–Trinajstić information content (AvgIpc) is 3.49. The Bertz CT molecular complexity index is 1380. The van der Waals surface area contributed by atoms with Crippen LogP contribution in [-0.2, 0) is 24.1 Å². The average molecular weight is 588 g/mol. The van der Waals surface area contributed by atoms with E-state index in [1.165, 1.54) is 11.1 Å². The number of hydrogen-bond acceptors (Lipinski definition) is 7. The van der Waals surface area contributed by atoms with Gasteiger partial charge < -0.3 is 29.1 Å². The summed E-state index contributed by atoms with van der Waals surface area (Å²) in [6, 6.07) is 21.2. The number of methoxy groups -OCH3 is 2. The standard InChI is InChI=1S/C34H41N3O6/c1-35(33(39)24-8-10-25(11-9-24)34(40)36-14-16-43-17-15-36)22-30(38)23-37(29-18-26-6-4-5-7-27(26)19-29)21-28-12-13-31(41-2)20-32(28)42-3/h4-13,20,29-30,38H,14-19,21-23H2,1-3H3. The molecule has 1 unspecified atom stereocenters. The van der Waals surface area contributed by atoms with Crippen molar-refractivity contribution in [2.24, 2.45) is 0 Å². The van der Waals surface area contributed by atoms with E-state index in [4.69, 9.17) is 14.2 Å². The summed E-state index contributed by atoms with van der Waals surface area (Å²) in [6.45, 7) is 3.34. The van der Waals surface area contributed by atoms with E-state index in [9.17, 15) is 14.7 Å². The third-order valence-electron chi connectivity index (χ3n) is 8.37. The molecule has 0 aromatic heterocycles. The molecule has 0 radical (unpaired) electrons. The number of aliphatic hydroxyl groups is 1. The molecule has 0 bridgehead atoms. The lowest BCUT2D eigenvalue weighted by atomic mass is 10.1. The second-order valence-electron chi connectivity index (χ2n) is 11.3. The van der Waals surface area contributed by atoms with Crippen LogP contribution in [0.15, 0.2) is 66.7 Å². The molecule has 1 aliphatic carbocycles. The minimum atomic E-state index is -0.774. The van der Waals surface area contributed by atoms with Gasteiger partial charge in [0.15, 0.2) is 0 Å². The number of rotatable bonds is 11. The molecular formula is C34H41N3O6. The smallest absolute Gasteiger partial charge is 0.254 e. The summed E-state index contributed by atoms with van der Waals surface area (Å²) in [6.07, 6.45) is 1.01. The molecule has 0 saturated carbocycles. The van der Waals surface area contributed by atoms with Crippen LogP contribution in [0, 0.1) is 0 Å². The van der Waals surface area contributed by atoms with Crippen molar-refractivity contribution in [1.29, 1.82) is 0 Å². The second kappa shape index (κ2) is 14.0. The normalized spacial score (nSPS) is 15.7. The first-order valence-corrected chi connectivity index (χ1v) is 14.8. The van der Waals surface area contributed by atoms with Crippen LogP contribution in [-0.4, -0.2) is 104 Å². The summed E-state index contributed by atoms with van der Waals surface area (Å²) < 4.78 is 16.4. The zero-order chi connectivity index (χ0) is 30.3. The molecule has 228 valence electrons. The molecule has 1 atom stereocenters. The van der Waals surface area contributed by atoms with E-state index in [1.807, 2.05) is 18.2 Å². The highest BCUT2D eigenvalue weighted by atomic mass is 16.5. The monoisotopic (exact) mass is 587 g/mol. The van der Waals surface area contributed by atoms with Gasteiger partial charge in [-0.2, -0.15) is 0 Å². The quantitative estimate of drug-likeness (QED) is 0.368. The molecule has 1 saturated heterocycles. The molecule has 1 aliphatic heterocycles. The summed E-state index contributed by atoms with van der Waals surface area (Å²) in [7, 11) is 4.97. The summed E-state index contributed by atoms with van der Waals surface area (Å²) >= 11 is 0. The van der Waals surface area contributed by atoms with Crippen LogP contribution in [0.2, 0.25) is 0 Å². The zero-order valence-corrected chi connectivity index (χ0v) is 25.2. The molecule has 1 fully saturated rings. The molecule has 0 spiro atoms. The number of morpholine rings is 1. The van der Waals surface area contributed by atoms with Crippen molar-refractivity contribution >= 4 is 11.8 Å². The van der Waals surface area contributed by atoms with Crippen LogP contribution < -0.4 is 9.47 Å². The maximum atomic E-state index is 13.2. The van der Waals surface area contributed by atoms with Crippen LogP contribution in [0.5, 0.6) is 11.5 Å². The van der Waals surface area contributed by atoms with Crippen molar-refractivity contribution in [3.05, 3.63) is 94.5 Å². The minimum Gasteiger partial charge on any atom is -0.497 e. The number of nitrogens with zero attached hydrogens (tertiary/aromatic N) is 3. The Morgan fingerprint density at radius 3 is 2.21 bits per heavy atom. The van der Waals surface area contributed by atoms with Gasteiger partial charge in [0, 0.05) is 68.6 Å². The molecule has 1 heterocycles. The van der Waals surface area contributed by atoms with Gasteiger partial charge in [-0.05, 0) is 54.3 Å². The van der Waals surface area contributed by atoms with E-state index < -0.39 is 6.10 Å². The number of hydrogen-bond donors (Lipinski definition) is 1. The van der Waals surface area contributed by atoms with E-state index in [1.54, 1.807) is 55.3 Å². The first-order valence-electron chi connectivity index (χ1n) is 14.8. The molecular weight excluding hydrogens is 546 g/mol. The lowest BCUT2D eigenvalue weighted by Crippen LogP contribution is -2.45. The SMILES string of the molecule is COc1ccc(CN(CC(O)CN(C)C(=O)c2ccc(C(=O)N3CCOCC3)cc2)C2Cc3ccccc3C2)c(OC)c1. The highest BCUT2D eigenvalue weighted by Gasteiger charge is 2.29. The Morgan fingerprint density at radius 1 is 0.930 bits per heavy atom. The Morgan fingerprint density at radius 2 is 1.58 bits per heavy atom. The maximum absolute atomic E-state index is 13.2. The van der Waals surface area contributed by atoms with E-state index >= 15 is 0 Å². The fourth-order valence-corrected chi connectivity index (χ4v) is 5.99. The lowest BCUT2D eigenvalue weighted by molar-refractivity contribution is 0.0303.